The van der Waals surface area contributed by atoms with Crippen molar-refractivity contribution in [2.75, 3.05) is 13.2 Å². The minimum Gasteiger partial charge on any atom is -0.494 e. The first kappa shape index (κ1) is 17.0. The number of nitrogens with one attached hydrogen (secondary N) is 1. The van der Waals surface area contributed by atoms with Crippen molar-refractivity contribution >= 4 is 5.91 Å². The van der Waals surface area contributed by atoms with Gasteiger partial charge in [-0.05, 0) is 44.0 Å². The topological polar surface area (TPSA) is 69.0 Å². The van der Waals surface area contributed by atoms with E-state index in [0.717, 1.165) is 36.4 Å². The highest BCUT2D eigenvalue weighted by atomic mass is 16.5. The van der Waals surface area contributed by atoms with Crippen molar-refractivity contribution in [3.8, 4) is 11.4 Å². The minimum absolute atomic E-state index is 0.176. The smallest absolute Gasteiger partial charge is 0.273 e. The molecule has 0 bridgehead atoms. The normalized spacial score (nSPS) is 10.6. The second kappa shape index (κ2) is 8.31. The predicted molar refractivity (Wildman–Crippen MR) is 89.1 cm³/mol. The molecule has 1 aromatic heterocycles. The van der Waals surface area contributed by atoms with Crippen LogP contribution in [0.15, 0.2) is 24.3 Å². The van der Waals surface area contributed by atoms with Crippen LogP contribution in [0.3, 0.4) is 0 Å². The van der Waals surface area contributed by atoms with E-state index in [2.05, 4.69) is 29.5 Å². The van der Waals surface area contributed by atoms with Gasteiger partial charge < -0.3 is 10.1 Å². The van der Waals surface area contributed by atoms with Gasteiger partial charge in [0.05, 0.1) is 18.0 Å². The van der Waals surface area contributed by atoms with E-state index in [4.69, 9.17) is 4.74 Å². The first-order chi connectivity index (χ1) is 11.2. The van der Waals surface area contributed by atoms with Gasteiger partial charge in [-0.15, -0.1) is 5.10 Å². The van der Waals surface area contributed by atoms with Crippen molar-refractivity contribution in [3.63, 3.8) is 0 Å². The van der Waals surface area contributed by atoms with Crippen LogP contribution in [0.1, 0.15) is 49.3 Å². The van der Waals surface area contributed by atoms with E-state index in [0.29, 0.717) is 18.8 Å². The summed E-state index contributed by atoms with van der Waals surface area (Å²) in [5.41, 5.74) is 1.94. The molecule has 1 aromatic carbocycles. The van der Waals surface area contributed by atoms with Crippen LogP contribution in [0.2, 0.25) is 0 Å². The Morgan fingerprint density at radius 3 is 2.61 bits per heavy atom. The number of hydrogen-bond acceptors (Lipinski definition) is 4. The fraction of sp³-hybridized carbons (Fsp3) is 0.471. The number of benzene rings is 1. The lowest BCUT2D eigenvalue weighted by Gasteiger charge is -2.07. The molecule has 124 valence electrons. The van der Waals surface area contributed by atoms with Gasteiger partial charge >= 0.3 is 0 Å². The van der Waals surface area contributed by atoms with Gasteiger partial charge in [0.25, 0.3) is 5.91 Å². The molecule has 1 N–H and O–H groups in total. The monoisotopic (exact) mass is 316 g/mol. The summed E-state index contributed by atoms with van der Waals surface area (Å²) in [5, 5.41) is 11.0. The molecule has 0 saturated heterocycles. The highest BCUT2D eigenvalue weighted by Gasteiger charge is 2.16. The van der Waals surface area contributed by atoms with Crippen LogP contribution in [0.4, 0.5) is 0 Å². The van der Waals surface area contributed by atoms with Crippen molar-refractivity contribution in [2.45, 2.75) is 40.0 Å². The lowest BCUT2D eigenvalue weighted by Crippen LogP contribution is -2.25. The summed E-state index contributed by atoms with van der Waals surface area (Å²) in [4.78, 5) is 12.1. The maximum atomic E-state index is 12.1. The summed E-state index contributed by atoms with van der Waals surface area (Å²) in [7, 11) is 0. The summed E-state index contributed by atoms with van der Waals surface area (Å²) >= 11 is 0. The van der Waals surface area contributed by atoms with Crippen LogP contribution in [0.25, 0.3) is 5.69 Å². The number of unbranched alkanes of at least 4 members (excludes halogenated alkanes) is 1. The summed E-state index contributed by atoms with van der Waals surface area (Å²) in [6.07, 6.45) is 2.97. The quantitative estimate of drug-likeness (QED) is 0.760. The van der Waals surface area contributed by atoms with Crippen molar-refractivity contribution in [3.05, 3.63) is 35.7 Å². The highest BCUT2D eigenvalue weighted by Crippen LogP contribution is 2.17. The zero-order valence-electron chi connectivity index (χ0n) is 14.0. The Kier molecular flexibility index (Phi) is 6.14. The SMILES string of the molecule is CCCCNC(=O)c1nnn(-c2ccc(OCCC)cc2)c1C. The molecule has 2 rings (SSSR count). The van der Waals surface area contributed by atoms with Crippen LogP contribution in [0.5, 0.6) is 5.75 Å². The van der Waals surface area contributed by atoms with Gasteiger partial charge in [-0.3, -0.25) is 4.79 Å². The maximum absolute atomic E-state index is 12.1. The lowest BCUT2D eigenvalue weighted by molar-refractivity contribution is 0.0947. The van der Waals surface area contributed by atoms with Crippen LogP contribution in [0, 0.1) is 6.92 Å². The van der Waals surface area contributed by atoms with E-state index in [1.165, 1.54) is 0 Å². The Hall–Kier alpha value is -2.37. The van der Waals surface area contributed by atoms with Crippen LogP contribution < -0.4 is 10.1 Å². The molecule has 0 aliphatic rings. The Balaban J connectivity index is 2.10. The van der Waals surface area contributed by atoms with Crippen LogP contribution in [-0.2, 0) is 0 Å². The Morgan fingerprint density at radius 2 is 1.96 bits per heavy atom. The average molecular weight is 316 g/mol. The Morgan fingerprint density at radius 1 is 1.22 bits per heavy atom. The lowest BCUT2D eigenvalue weighted by atomic mass is 10.2. The molecular weight excluding hydrogens is 292 g/mol. The zero-order chi connectivity index (χ0) is 16.7. The molecule has 6 heteroatoms. The van der Waals surface area contributed by atoms with Gasteiger partial charge in [-0.2, -0.15) is 0 Å². The third kappa shape index (κ3) is 4.31. The largest absolute Gasteiger partial charge is 0.494 e. The molecule has 0 radical (unpaired) electrons. The van der Waals surface area contributed by atoms with E-state index < -0.39 is 0 Å². The van der Waals surface area contributed by atoms with Crippen molar-refractivity contribution < 1.29 is 9.53 Å². The maximum Gasteiger partial charge on any atom is 0.273 e. The third-order valence-electron chi connectivity index (χ3n) is 3.48. The van der Waals surface area contributed by atoms with Crippen molar-refractivity contribution in [2.24, 2.45) is 0 Å². The molecule has 0 atom stereocenters. The van der Waals surface area contributed by atoms with Gasteiger partial charge in [0.2, 0.25) is 0 Å². The molecule has 0 fully saturated rings. The number of aromatic nitrogens is 3. The standard InChI is InChI=1S/C17H24N4O2/c1-4-6-11-18-17(22)16-13(3)21(20-19-16)14-7-9-15(10-8-14)23-12-5-2/h7-10H,4-6,11-12H2,1-3H3,(H,18,22). The molecule has 0 unspecified atom stereocenters. The molecule has 23 heavy (non-hydrogen) atoms. The van der Waals surface area contributed by atoms with Crippen LogP contribution in [-0.4, -0.2) is 34.1 Å². The summed E-state index contributed by atoms with van der Waals surface area (Å²) in [5.74, 6) is 0.649. The van der Waals surface area contributed by atoms with E-state index in [9.17, 15) is 4.79 Å². The Labute approximate surface area is 136 Å². The highest BCUT2D eigenvalue weighted by molar-refractivity contribution is 5.93. The van der Waals surface area contributed by atoms with Crippen molar-refractivity contribution in [1.29, 1.82) is 0 Å². The van der Waals surface area contributed by atoms with Crippen LogP contribution >= 0.6 is 0 Å². The molecule has 6 nitrogen and oxygen atoms in total. The number of amides is 1. The first-order valence-electron chi connectivity index (χ1n) is 8.11. The number of hydrogen-bond donors (Lipinski definition) is 1. The molecule has 2 aromatic rings. The number of ether oxygens (including phenoxy) is 1. The first-order valence-corrected chi connectivity index (χ1v) is 8.11. The fourth-order valence-corrected chi connectivity index (χ4v) is 2.15. The number of rotatable bonds is 8. The van der Waals surface area contributed by atoms with E-state index in [1.54, 1.807) is 4.68 Å². The van der Waals surface area contributed by atoms with Gasteiger partial charge in [-0.1, -0.05) is 25.5 Å². The summed E-state index contributed by atoms with van der Waals surface area (Å²) in [6, 6.07) is 7.61. The second-order valence-electron chi connectivity index (χ2n) is 5.39. The molecule has 1 heterocycles. The molecule has 0 spiro atoms. The molecule has 0 aliphatic carbocycles. The summed E-state index contributed by atoms with van der Waals surface area (Å²) < 4.78 is 7.23. The predicted octanol–water partition coefficient (Wildman–Crippen LogP) is 2.89. The summed E-state index contributed by atoms with van der Waals surface area (Å²) in [6.45, 7) is 7.35. The molecular formula is C17H24N4O2. The second-order valence-corrected chi connectivity index (χ2v) is 5.39. The number of carbonyl (C=O) groups excluding carboxylic acids is 1. The molecule has 1 amide bonds. The van der Waals surface area contributed by atoms with E-state index in [-0.39, 0.29) is 5.91 Å². The molecule has 0 aliphatic heterocycles. The van der Waals surface area contributed by atoms with Gasteiger partial charge in [-0.25, -0.2) is 4.68 Å². The van der Waals surface area contributed by atoms with Crippen molar-refractivity contribution in [1.82, 2.24) is 20.3 Å². The van der Waals surface area contributed by atoms with Gasteiger partial charge in [0.1, 0.15) is 5.75 Å². The van der Waals surface area contributed by atoms with Gasteiger partial charge in [0, 0.05) is 6.54 Å². The van der Waals surface area contributed by atoms with E-state index >= 15 is 0 Å². The van der Waals surface area contributed by atoms with Gasteiger partial charge in [0.15, 0.2) is 5.69 Å². The fourth-order valence-electron chi connectivity index (χ4n) is 2.15. The average Bonchev–Trinajstić information content (AvgIpc) is 2.95. The zero-order valence-corrected chi connectivity index (χ0v) is 14.0. The third-order valence-corrected chi connectivity index (χ3v) is 3.48. The molecule has 0 saturated carbocycles. The number of nitrogens with zero attached hydrogens (tertiary/aromatic N) is 3. The number of carbonyl (C=O) groups is 1. The Bertz CT molecular complexity index is 635. The minimum atomic E-state index is -0.176. The van der Waals surface area contributed by atoms with E-state index in [1.807, 2.05) is 31.2 Å².